The molecule has 8 aromatic carbocycles. The number of hydrogen-bond acceptors (Lipinski definition) is 2. The molecule has 0 aliphatic heterocycles. The van der Waals surface area contributed by atoms with Crippen molar-refractivity contribution in [1.29, 1.82) is 0 Å². The van der Waals surface area contributed by atoms with Gasteiger partial charge >= 0.3 is 0 Å². The fourth-order valence-electron chi connectivity index (χ4n) is 8.05. The summed E-state index contributed by atoms with van der Waals surface area (Å²) in [5, 5.41) is 5.00. The van der Waals surface area contributed by atoms with Gasteiger partial charge in [-0.05, 0) is 106 Å². The summed E-state index contributed by atoms with van der Waals surface area (Å²) in [7, 11) is 0. The van der Waals surface area contributed by atoms with Crippen molar-refractivity contribution < 1.29 is 0 Å². The van der Waals surface area contributed by atoms with Crippen LogP contribution >= 0.6 is 0 Å². The monoisotopic (exact) mass is 666 g/mol. The second-order valence-corrected chi connectivity index (χ2v) is 13.4. The predicted molar refractivity (Wildman–Crippen MR) is 220 cm³/mol. The molecule has 0 atom stereocenters. The molecule has 0 saturated heterocycles. The third-order valence-corrected chi connectivity index (χ3v) is 10.4. The Labute approximate surface area is 301 Å². The van der Waals surface area contributed by atoms with Crippen LogP contribution in [-0.4, -0.2) is 9.13 Å². The zero-order valence-electron chi connectivity index (χ0n) is 28.4. The number of nitrogen functional groups attached to an aromatic ring is 2. The first-order chi connectivity index (χ1) is 25.6. The summed E-state index contributed by atoms with van der Waals surface area (Å²) in [6.45, 7) is 0. The van der Waals surface area contributed by atoms with E-state index < -0.39 is 0 Å². The van der Waals surface area contributed by atoms with Crippen LogP contribution < -0.4 is 11.5 Å². The number of para-hydroxylation sites is 4. The number of hydrogen-bond donors (Lipinski definition) is 2. The van der Waals surface area contributed by atoms with E-state index in [0.29, 0.717) is 0 Å². The number of anilines is 2. The summed E-state index contributed by atoms with van der Waals surface area (Å²) in [6, 6.07) is 64.4. The third kappa shape index (κ3) is 4.69. The number of benzene rings is 8. The number of nitrogens with zero attached hydrogens (tertiary/aromatic N) is 2. The summed E-state index contributed by atoms with van der Waals surface area (Å²) in [6.07, 6.45) is 0. The standard InChI is InChI=1S/C48H34N4/c49-33-21-27-37(43(29-33)31-17-23-35(24-18-31)51-45-13-5-1-9-39(45)40-10-2-6-14-46(40)51)38-28-22-34(50)30-44(38)32-19-25-36(26-20-32)52-47-15-7-3-11-41(47)42-12-4-8-16-48(42)52/h1-30H,49-50H2. The van der Waals surface area contributed by atoms with Crippen LogP contribution in [0, 0.1) is 0 Å². The molecule has 246 valence electrons. The van der Waals surface area contributed by atoms with Gasteiger partial charge in [-0.1, -0.05) is 109 Å². The first kappa shape index (κ1) is 29.8. The van der Waals surface area contributed by atoms with E-state index >= 15 is 0 Å². The van der Waals surface area contributed by atoms with Crippen LogP contribution in [0.15, 0.2) is 182 Å². The van der Waals surface area contributed by atoms with Crippen LogP contribution in [0.2, 0.25) is 0 Å². The summed E-state index contributed by atoms with van der Waals surface area (Å²) in [5.74, 6) is 0. The minimum Gasteiger partial charge on any atom is -0.399 e. The minimum absolute atomic E-state index is 0.720. The van der Waals surface area contributed by atoms with E-state index in [1.165, 1.54) is 43.6 Å². The van der Waals surface area contributed by atoms with Crippen LogP contribution in [0.1, 0.15) is 0 Å². The first-order valence-electron chi connectivity index (χ1n) is 17.6. The summed E-state index contributed by atoms with van der Waals surface area (Å²) in [4.78, 5) is 0. The van der Waals surface area contributed by atoms with Crippen molar-refractivity contribution in [3.8, 4) is 44.8 Å². The van der Waals surface area contributed by atoms with E-state index in [1.807, 2.05) is 12.1 Å². The molecule has 4 nitrogen and oxygen atoms in total. The van der Waals surface area contributed by atoms with E-state index in [2.05, 4.69) is 179 Å². The smallest absolute Gasteiger partial charge is 0.0541 e. The highest BCUT2D eigenvalue weighted by Gasteiger charge is 2.17. The van der Waals surface area contributed by atoms with Crippen LogP contribution in [-0.2, 0) is 0 Å². The Bertz CT molecular complexity index is 2650. The molecule has 10 aromatic rings. The van der Waals surface area contributed by atoms with Gasteiger partial charge in [0, 0.05) is 44.3 Å². The maximum absolute atomic E-state index is 6.46. The zero-order chi connectivity index (χ0) is 34.8. The second-order valence-electron chi connectivity index (χ2n) is 13.4. The lowest BCUT2D eigenvalue weighted by Gasteiger charge is -2.17. The molecule has 0 spiro atoms. The van der Waals surface area contributed by atoms with Crippen molar-refractivity contribution in [2.24, 2.45) is 0 Å². The molecular formula is C48H34N4. The van der Waals surface area contributed by atoms with Gasteiger partial charge in [-0.3, -0.25) is 0 Å². The van der Waals surface area contributed by atoms with Gasteiger partial charge in [-0.25, -0.2) is 0 Å². The minimum atomic E-state index is 0.720. The molecule has 0 saturated carbocycles. The molecule has 0 bridgehead atoms. The molecule has 4 N–H and O–H groups in total. The van der Waals surface area contributed by atoms with Crippen LogP contribution in [0.3, 0.4) is 0 Å². The van der Waals surface area contributed by atoms with Gasteiger partial charge in [0.25, 0.3) is 0 Å². The van der Waals surface area contributed by atoms with Gasteiger partial charge in [-0.2, -0.15) is 0 Å². The van der Waals surface area contributed by atoms with Gasteiger partial charge < -0.3 is 20.6 Å². The molecule has 0 radical (unpaired) electrons. The lowest BCUT2D eigenvalue weighted by atomic mass is 9.88. The lowest BCUT2D eigenvalue weighted by molar-refractivity contribution is 1.18. The van der Waals surface area contributed by atoms with E-state index in [-0.39, 0.29) is 0 Å². The maximum atomic E-state index is 6.46. The summed E-state index contributed by atoms with van der Waals surface area (Å²) in [5.41, 5.74) is 27.9. The molecule has 4 heteroatoms. The average Bonchev–Trinajstić information content (AvgIpc) is 3.71. The Balaban J connectivity index is 1.07. The average molecular weight is 667 g/mol. The van der Waals surface area contributed by atoms with Gasteiger partial charge in [0.2, 0.25) is 0 Å². The van der Waals surface area contributed by atoms with Crippen molar-refractivity contribution in [3.63, 3.8) is 0 Å². The van der Waals surface area contributed by atoms with Gasteiger partial charge in [-0.15, -0.1) is 0 Å². The van der Waals surface area contributed by atoms with Crippen molar-refractivity contribution in [2.45, 2.75) is 0 Å². The van der Waals surface area contributed by atoms with Gasteiger partial charge in [0.1, 0.15) is 0 Å². The zero-order valence-corrected chi connectivity index (χ0v) is 28.4. The third-order valence-electron chi connectivity index (χ3n) is 10.4. The van der Waals surface area contributed by atoms with Crippen LogP contribution in [0.25, 0.3) is 88.4 Å². The van der Waals surface area contributed by atoms with E-state index in [9.17, 15) is 0 Å². The highest BCUT2D eigenvalue weighted by Crippen LogP contribution is 2.41. The Morgan fingerprint density at radius 3 is 0.923 bits per heavy atom. The van der Waals surface area contributed by atoms with Crippen LogP contribution in [0.5, 0.6) is 0 Å². The Morgan fingerprint density at radius 1 is 0.288 bits per heavy atom. The summed E-state index contributed by atoms with van der Waals surface area (Å²) >= 11 is 0. The van der Waals surface area contributed by atoms with E-state index in [0.717, 1.165) is 56.1 Å². The fraction of sp³-hybridized carbons (Fsp3) is 0. The first-order valence-corrected chi connectivity index (χ1v) is 17.6. The van der Waals surface area contributed by atoms with Crippen molar-refractivity contribution in [1.82, 2.24) is 9.13 Å². The number of fused-ring (bicyclic) bond motifs is 6. The maximum Gasteiger partial charge on any atom is 0.0541 e. The number of nitrogens with two attached hydrogens (primary N) is 2. The number of rotatable bonds is 5. The summed E-state index contributed by atoms with van der Waals surface area (Å²) < 4.78 is 4.69. The second kappa shape index (κ2) is 11.8. The molecule has 2 heterocycles. The van der Waals surface area contributed by atoms with Crippen molar-refractivity contribution in [3.05, 3.63) is 182 Å². The lowest BCUT2D eigenvalue weighted by Crippen LogP contribution is -1.96. The van der Waals surface area contributed by atoms with Gasteiger partial charge in [0.15, 0.2) is 0 Å². The van der Waals surface area contributed by atoms with Crippen LogP contribution in [0.4, 0.5) is 11.4 Å². The topological polar surface area (TPSA) is 61.9 Å². The Morgan fingerprint density at radius 2 is 0.596 bits per heavy atom. The molecular weight excluding hydrogens is 633 g/mol. The molecule has 0 unspecified atom stereocenters. The van der Waals surface area contributed by atoms with E-state index in [1.54, 1.807) is 0 Å². The van der Waals surface area contributed by atoms with Crippen molar-refractivity contribution >= 4 is 55.0 Å². The molecule has 2 aromatic heterocycles. The van der Waals surface area contributed by atoms with Gasteiger partial charge in [0.05, 0.1) is 22.1 Å². The highest BCUT2D eigenvalue weighted by atomic mass is 15.0. The highest BCUT2D eigenvalue weighted by molar-refractivity contribution is 6.10. The van der Waals surface area contributed by atoms with Crippen molar-refractivity contribution in [2.75, 3.05) is 11.5 Å². The quantitative estimate of drug-likeness (QED) is 0.180. The Hall–Kier alpha value is -7.04. The molecule has 52 heavy (non-hydrogen) atoms. The molecule has 0 aliphatic rings. The van der Waals surface area contributed by atoms with E-state index in [4.69, 9.17) is 11.5 Å². The largest absolute Gasteiger partial charge is 0.399 e. The normalized spacial score (nSPS) is 11.6. The molecule has 0 amide bonds. The number of aromatic nitrogens is 2. The predicted octanol–water partition coefficient (Wildman–Crippen LogP) is 12.0. The SMILES string of the molecule is Nc1ccc(-c2ccc(N)cc2-c2ccc(-n3c4ccccc4c4ccccc43)cc2)c(-c2ccc(-n3c4ccccc4c4ccccc43)cc2)c1. The Kier molecular flexibility index (Phi) is 6.76. The fourth-order valence-corrected chi connectivity index (χ4v) is 8.05. The molecule has 10 rings (SSSR count). The molecule has 0 fully saturated rings. The molecule has 0 aliphatic carbocycles.